The number of thioether (sulfide) groups is 1. The summed E-state index contributed by atoms with van der Waals surface area (Å²) in [6, 6.07) is 14.9. The highest BCUT2D eigenvalue weighted by Gasteiger charge is 2.26. The van der Waals surface area contributed by atoms with Crippen molar-refractivity contribution in [3.8, 4) is 0 Å². The third-order valence-corrected chi connectivity index (χ3v) is 6.69. The first kappa shape index (κ1) is 18.6. The summed E-state index contributed by atoms with van der Waals surface area (Å²) in [6.07, 6.45) is 3.11. The monoisotopic (exact) mass is 380 g/mol. The van der Waals surface area contributed by atoms with E-state index < -0.39 is 0 Å². The van der Waals surface area contributed by atoms with Crippen molar-refractivity contribution in [1.29, 1.82) is 0 Å². The Hall–Kier alpha value is -1.78. The number of fused-ring (bicyclic) bond motifs is 1. The fourth-order valence-electron chi connectivity index (χ4n) is 4.23. The summed E-state index contributed by atoms with van der Waals surface area (Å²) in [6.45, 7) is 5.44. The summed E-state index contributed by atoms with van der Waals surface area (Å²) in [5, 5.41) is 3.20. The van der Waals surface area contributed by atoms with Crippen molar-refractivity contribution in [2.45, 2.75) is 38.6 Å². The minimum Gasteiger partial charge on any atom is -0.325 e. The van der Waals surface area contributed by atoms with Crippen LogP contribution in [-0.2, 0) is 17.8 Å². The maximum absolute atomic E-state index is 13.0. The molecule has 0 bridgehead atoms. The van der Waals surface area contributed by atoms with Gasteiger partial charge in [-0.15, -0.1) is 0 Å². The molecule has 2 aromatic rings. The Morgan fingerprint density at radius 1 is 1.19 bits per heavy atom. The SMILES string of the molecule is Cc1cc(CN2CCSCC2)ccc1NC(=O)C1CCCc2ccccc21. The van der Waals surface area contributed by atoms with Crippen molar-refractivity contribution in [3.63, 3.8) is 0 Å². The van der Waals surface area contributed by atoms with Gasteiger partial charge in [0, 0.05) is 36.8 Å². The molecule has 0 saturated carbocycles. The highest BCUT2D eigenvalue weighted by molar-refractivity contribution is 7.99. The topological polar surface area (TPSA) is 32.3 Å². The molecule has 2 aliphatic rings. The second kappa shape index (κ2) is 8.49. The van der Waals surface area contributed by atoms with Gasteiger partial charge in [-0.25, -0.2) is 0 Å². The third-order valence-electron chi connectivity index (χ3n) is 5.74. The van der Waals surface area contributed by atoms with Crippen molar-refractivity contribution in [3.05, 3.63) is 64.7 Å². The van der Waals surface area contributed by atoms with E-state index in [2.05, 4.69) is 53.5 Å². The largest absolute Gasteiger partial charge is 0.325 e. The molecule has 0 spiro atoms. The molecule has 4 rings (SSSR count). The van der Waals surface area contributed by atoms with Crippen molar-refractivity contribution < 1.29 is 4.79 Å². The Labute approximate surface area is 166 Å². The number of hydrogen-bond donors (Lipinski definition) is 1. The summed E-state index contributed by atoms with van der Waals surface area (Å²) in [5.74, 6) is 2.57. The van der Waals surface area contributed by atoms with Crippen LogP contribution in [-0.4, -0.2) is 35.4 Å². The average Bonchev–Trinajstić information content (AvgIpc) is 2.70. The fourth-order valence-corrected chi connectivity index (χ4v) is 5.21. The standard InChI is InChI=1S/C23H28N2OS/c1-17-15-18(16-25-11-13-27-14-12-25)9-10-22(17)24-23(26)21-8-4-6-19-5-2-3-7-20(19)21/h2-3,5,7,9-10,15,21H,4,6,8,11-14,16H2,1H3,(H,24,26). The molecule has 142 valence electrons. The lowest BCUT2D eigenvalue weighted by atomic mass is 9.82. The number of rotatable bonds is 4. The van der Waals surface area contributed by atoms with E-state index in [1.807, 2.05) is 17.8 Å². The summed E-state index contributed by atoms with van der Waals surface area (Å²) >= 11 is 2.04. The Morgan fingerprint density at radius 2 is 2.00 bits per heavy atom. The van der Waals surface area contributed by atoms with Crippen LogP contribution in [0.4, 0.5) is 5.69 Å². The Morgan fingerprint density at radius 3 is 2.81 bits per heavy atom. The zero-order valence-electron chi connectivity index (χ0n) is 16.0. The number of amides is 1. The van der Waals surface area contributed by atoms with Crippen LogP contribution >= 0.6 is 11.8 Å². The number of carbonyl (C=O) groups is 1. The van der Waals surface area contributed by atoms with Crippen LogP contribution in [0.1, 0.15) is 41.0 Å². The predicted molar refractivity (Wildman–Crippen MR) is 115 cm³/mol. The lowest BCUT2D eigenvalue weighted by Gasteiger charge is -2.27. The van der Waals surface area contributed by atoms with Gasteiger partial charge in [0.05, 0.1) is 5.92 Å². The van der Waals surface area contributed by atoms with Crippen LogP contribution in [0, 0.1) is 6.92 Å². The number of anilines is 1. The normalized spacial score (nSPS) is 20.1. The van der Waals surface area contributed by atoms with E-state index in [0.717, 1.165) is 37.1 Å². The number of benzene rings is 2. The van der Waals surface area contributed by atoms with E-state index >= 15 is 0 Å². The van der Waals surface area contributed by atoms with E-state index in [1.54, 1.807) is 0 Å². The van der Waals surface area contributed by atoms with Crippen LogP contribution in [0.2, 0.25) is 0 Å². The second-order valence-electron chi connectivity index (χ2n) is 7.67. The summed E-state index contributed by atoms with van der Waals surface area (Å²) < 4.78 is 0. The first-order valence-corrected chi connectivity index (χ1v) is 11.1. The van der Waals surface area contributed by atoms with E-state index in [4.69, 9.17) is 0 Å². The first-order valence-electron chi connectivity index (χ1n) is 9.99. The molecule has 1 heterocycles. The molecule has 0 aromatic heterocycles. The number of nitrogens with zero attached hydrogens (tertiary/aromatic N) is 1. The number of nitrogens with one attached hydrogen (secondary N) is 1. The maximum Gasteiger partial charge on any atom is 0.231 e. The zero-order chi connectivity index (χ0) is 18.6. The predicted octanol–water partition coefficient (Wildman–Crippen LogP) is 4.60. The van der Waals surface area contributed by atoms with E-state index in [1.165, 1.54) is 41.3 Å². The van der Waals surface area contributed by atoms with Crippen molar-refractivity contribution in [2.75, 3.05) is 29.9 Å². The van der Waals surface area contributed by atoms with E-state index in [9.17, 15) is 4.79 Å². The van der Waals surface area contributed by atoms with Crippen molar-refractivity contribution in [2.24, 2.45) is 0 Å². The molecule has 1 amide bonds. The summed E-state index contributed by atoms with van der Waals surface area (Å²) in [5.41, 5.74) is 5.96. The maximum atomic E-state index is 13.0. The number of hydrogen-bond acceptors (Lipinski definition) is 3. The highest BCUT2D eigenvalue weighted by Crippen LogP contribution is 2.32. The minimum atomic E-state index is -0.0279. The molecular formula is C23H28N2OS. The van der Waals surface area contributed by atoms with Gasteiger partial charge >= 0.3 is 0 Å². The molecule has 1 N–H and O–H groups in total. The quantitative estimate of drug-likeness (QED) is 0.841. The molecular weight excluding hydrogens is 352 g/mol. The van der Waals surface area contributed by atoms with Crippen LogP contribution < -0.4 is 5.32 Å². The molecule has 1 saturated heterocycles. The zero-order valence-corrected chi connectivity index (χ0v) is 16.9. The molecule has 4 heteroatoms. The molecule has 1 aliphatic carbocycles. The van der Waals surface area contributed by atoms with E-state index in [-0.39, 0.29) is 11.8 Å². The molecule has 2 aromatic carbocycles. The number of aryl methyl sites for hydroxylation is 2. The van der Waals surface area contributed by atoms with Crippen molar-refractivity contribution in [1.82, 2.24) is 4.90 Å². The van der Waals surface area contributed by atoms with Gasteiger partial charge in [-0.1, -0.05) is 36.4 Å². The molecule has 1 unspecified atom stereocenters. The van der Waals surface area contributed by atoms with Gasteiger partial charge in [-0.2, -0.15) is 11.8 Å². The van der Waals surface area contributed by atoms with Crippen molar-refractivity contribution >= 4 is 23.4 Å². The summed E-state index contributed by atoms with van der Waals surface area (Å²) in [7, 11) is 0. The van der Waals surface area contributed by atoms with Crippen LogP contribution in [0.15, 0.2) is 42.5 Å². The lowest BCUT2D eigenvalue weighted by molar-refractivity contribution is -0.117. The molecule has 1 aliphatic heterocycles. The number of carbonyl (C=O) groups excluding carboxylic acids is 1. The smallest absolute Gasteiger partial charge is 0.231 e. The molecule has 1 atom stereocenters. The van der Waals surface area contributed by atoms with Crippen LogP contribution in [0.3, 0.4) is 0 Å². The van der Waals surface area contributed by atoms with E-state index in [0.29, 0.717) is 0 Å². The van der Waals surface area contributed by atoms with Gasteiger partial charge in [-0.3, -0.25) is 9.69 Å². The summed E-state index contributed by atoms with van der Waals surface area (Å²) in [4.78, 5) is 15.5. The van der Waals surface area contributed by atoms with Gasteiger partial charge in [0.15, 0.2) is 0 Å². The first-order chi connectivity index (χ1) is 13.2. The molecule has 27 heavy (non-hydrogen) atoms. The van der Waals surface area contributed by atoms with Gasteiger partial charge in [0.25, 0.3) is 0 Å². The van der Waals surface area contributed by atoms with Gasteiger partial charge in [0.1, 0.15) is 0 Å². The van der Waals surface area contributed by atoms with Gasteiger partial charge in [0.2, 0.25) is 5.91 Å². The molecule has 0 radical (unpaired) electrons. The highest BCUT2D eigenvalue weighted by atomic mass is 32.2. The Balaban J connectivity index is 1.44. The average molecular weight is 381 g/mol. The Bertz CT molecular complexity index is 814. The molecule has 3 nitrogen and oxygen atoms in total. The second-order valence-corrected chi connectivity index (χ2v) is 8.90. The Kier molecular flexibility index (Phi) is 5.84. The minimum absolute atomic E-state index is 0.0279. The lowest BCUT2D eigenvalue weighted by Crippen LogP contribution is -2.32. The van der Waals surface area contributed by atoms with Gasteiger partial charge < -0.3 is 5.32 Å². The molecule has 1 fully saturated rings. The third kappa shape index (κ3) is 4.39. The van der Waals surface area contributed by atoms with Gasteiger partial charge in [-0.05, 0) is 54.5 Å². The fraction of sp³-hybridized carbons (Fsp3) is 0.435. The van der Waals surface area contributed by atoms with Crippen LogP contribution in [0.5, 0.6) is 0 Å². The van der Waals surface area contributed by atoms with Crippen LogP contribution in [0.25, 0.3) is 0 Å².